The third kappa shape index (κ3) is 8.36. The van der Waals surface area contributed by atoms with Gasteiger partial charge >= 0.3 is 5.97 Å². The van der Waals surface area contributed by atoms with Gasteiger partial charge in [-0.2, -0.15) is 0 Å². The number of rotatable bonds is 2. The minimum Gasteiger partial charge on any atom is -0.469 e. The van der Waals surface area contributed by atoms with Crippen LogP contribution in [-0.2, 0) is 33.4 Å². The normalized spacial score (nSPS) is 40.3. The summed E-state index contributed by atoms with van der Waals surface area (Å²) in [6.45, 7) is 13.1. The van der Waals surface area contributed by atoms with Crippen molar-refractivity contribution in [1.29, 1.82) is 0 Å². The molecule has 2 heterocycles. The van der Waals surface area contributed by atoms with Crippen LogP contribution in [0.3, 0.4) is 0 Å². The first-order chi connectivity index (χ1) is 22.9. The molecule has 1 saturated heterocycles. The minimum atomic E-state index is -1.63. The van der Waals surface area contributed by atoms with Crippen LogP contribution in [-0.4, -0.2) is 70.3 Å². The second-order valence-electron chi connectivity index (χ2n) is 16.5. The summed E-state index contributed by atoms with van der Waals surface area (Å²) in [6.07, 6.45) is 3.32. The molecule has 0 aromatic rings. The molecule has 49 heavy (non-hydrogen) atoms. The Bertz CT molecular complexity index is 1350. The van der Waals surface area contributed by atoms with Gasteiger partial charge < -0.3 is 19.7 Å². The van der Waals surface area contributed by atoms with E-state index in [1.54, 1.807) is 0 Å². The van der Waals surface area contributed by atoms with E-state index in [0.717, 1.165) is 29.6 Å². The Balaban J connectivity index is 1.98. The van der Waals surface area contributed by atoms with Gasteiger partial charge in [-0.25, -0.2) is 0 Å². The lowest BCUT2D eigenvalue weighted by Crippen LogP contribution is -2.54. The standard InChI is InChI=1S/C40H60O9/c1-22(2)27-19-30(41)25(5)11-9-10-23(3)17-31(42)28-18-26(6)37-29(40(28,21-33(27)44)38(46)48-8)16-24(4)12-13-36(45)39(7,47)15-14-34-32(43)20-35(37)49-34/h16,22-23,25,27-29,32,34-35,43,47H,9-15,17-21H2,1-8H3/b24-16+/t23-,25+,27-,28+,29-,32-,34+,35+,39+,40+/m1/s1. The maximum absolute atomic E-state index is 14.7. The Morgan fingerprint density at radius 2 is 1.67 bits per heavy atom. The monoisotopic (exact) mass is 684 g/mol. The maximum Gasteiger partial charge on any atom is 0.313 e. The summed E-state index contributed by atoms with van der Waals surface area (Å²) in [5.74, 6) is -3.95. The van der Waals surface area contributed by atoms with Crippen LogP contribution in [0, 0.1) is 40.9 Å². The highest BCUT2D eigenvalue weighted by molar-refractivity contribution is 5.97. The van der Waals surface area contributed by atoms with E-state index in [-0.39, 0.29) is 92.3 Å². The van der Waals surface area contributed by atoms with E-state index in [1.807, 2.05) is 47.6 Å². The van der Waals surface area contributed by atoms with Crippen LogP contribution in [0.4, 0.5) is 0 Å². The molecule has 2 bridgehead atoms. The summed E-state index contributed by atoms with van der Waals surface area (Å²) in [7, 11) is 1.29. The van der Waals surface area contributed by atoms with Crippen LogP contribution < -0.4 is 0 Å². The van der Waals surface area contributed by atoms with Crippen LogP contribution >= 0.6 is 0 Å². The second kappa shape index (κ2) is 15.8. The third-order valence-corrected chi connectivity index (χ3v) is 12.3. The molecule has 10 atom stereocenters. The summed E-state index contributed by atoms with van der Waals surface area (Å²) < 4.78 is 12.1. The average molecular weight is 685 g/mol. The number of ketones is 4. The number of ether oxygens (including phenoxy) is 2. The molecule has 0 amide bonds. The summed E-state index contributed by atoms with van der Waals surface area (Å²) in [6, 6.07) is 0. The lowest BCUT2D eigenvalue weighted by Gasteiger charge is -2.49. The maximum atomic E-state index is 14.7. The molecule has 9 heteroatoms. The van der Waals surface area contributed by atoms with Crippen LogP contribution in [0.1, 0.15) is 126 Å². The molecule has 4 rings (SSSR count). The second-order valence-corrected chi connectivity index (χ2v) is 16.5. The number of methoxy groups -OCH3 is 1. The molecule has 0 radical (unpaired) electrons. The van der Waals surface area contributed by atoms with Crippen molar-refractivity contribution in [2.24, 2.45) is 40.9 Å². The number of aliphatic hydroxyl groups is 2. The topological polar surface area (TPSA) is 144 Å². The molecule has 0 aromatic heterocycles. The van der Waals surface area contributed by atoms with Crippen molar-refractivity contribution in [2.45, 2.75) is 149 Å². The van der Waals surface area contributed by atoms with Gasteiger partial charge in [-0.1, -0.05) is 57.8 Å². The summed E-state index contributed by atoms with van der Waals surface area (Å²) in [5, 5.41) is 22.2. The smallest absolute Gasteiger partial charge is 0.313 e. The largest absolute Gasteiger partial charge is 0.469 e. The number of hydrogen-bond donors (Lipinski definition) is 2. The van der Waals surface area contributed by atoms with Crippen LogP contribution in [0.15, 0.2) is 22.8 Å². The highest BCUT2D eigenvalue weighted by atomic mass is 16.5. The molecule has 0 aromatic carbocycles. The van der Waals surface area contributed by atoms with E-state index < -0.39 is 53.1 Å². The van der Waals surface area contributed by atoms with Crippen molar-refractivity contribution in [1.82, 2.24) is 0 Å². The number of esters is 1. The van der Waals surface area contributed by atoms with Gasteiger partial charge in [0.15, 0.2) is 5.78 Å². The first-order valence-corrected chi connectivity index (χ1v) is 18.5. The number of hydrogen-bond acceptors (Lipinski definition) is 9. The van der Waals surface area contributed by atoms with Gasteiger partial charge in [0, 0.05) is 55.8 Å². The third-order valence-electron chi connectivity index (χ3n) is 12.3. The first kappa shape index (κ1) is 39.3. The van der Waals surface area contributed by atoms with Gasteiger partial charge in [0.2, 0.25) is 0 Å². The van der Waals surface area contributed by atoms with E-state index in [4.69, 9.17) is 9.47 Å². The van der Waals surface area contributed by atoms with Crippen LogP contribution in [0.2, 0.25) is 0 Å². The van der Waals surface area contributed by atoms with Gasteiger partial charge in [0.05, 0.1) is 30.8 Å². The van der Waals surface area contributed by atoms with Crippen molar-refractivity contribution in [3.05, 3.63) is 22.8 Å². The summed E-state index contributed by atoms with van der Waals surface area (Å²) in [5.41, 5.74) is -0.798. The Kier molecular flexibility index (Phi) is 12.7. The van der Waals surface area contributed by atoms with Crippen molar-refractivity contribution < 1.29 is 43.7 Å². The Hall–Kier alpha value is -2.49. The molecule has 2 N–H and O–H groups in total. The SMILES string of the molecule is COC(=O)[C@@]12CC(=O)[C@@H](C(C)C)CC(=O)[C@@H](C)CCC[C@@H](C)CC(=O)[C@@H]1CC(C)=C1[C@@H]3C[C@@H](O)[C@H](CC[C@](C)(O)C(=O)CC/C(C)=C/[C@H]12)O3. The molecule has 2 fully saturated rings. The van der Waals surface area contributed by atoms with Gasteiger partial charge in [-0.3, -0.25) is 24.0 Å². The first-order valence-electron chi connectivity index (χ1n) is 18.5. The highest BCUT2D eigenvalue weighted by Gasteiger charge is 2.60. The number of aliphatic hydroxyl groups excluding tert-OH is 1. The molecular formula is C40H60O9. The fourth-order valence-corrected chi connectivity index (χ4v) is 9.02. The average Bonchev–Trinajstić information content (AvgIpc) is 3.40. The fraction of sp³-hybridized carbons (Fsp3) is 0.775. The van der Waals surface area contributed by atoms with Crippen molar-refractivity contribution in [2.75, 3.05) is 7.11 Å². The number of carbonyl (C=O) groups excluding carboxylic acids is 5. The Morgan fingerprint density at radius 1 is 0.980 bits per heavy atom. The number of fused-ring (bicyclic) bond motifs is 6. The Morgan fingerprint density at radius 3 is 2.33 bits per heavy atom. The molecule has 1 saturated carbocycles. The zero-order valence-corrected chi connectivity index (χ0v) is 31.0. The molecule has 2 aliphatic carbocycles. The van der Waals surface area contributed by atoms with Crippen molar-refractivity contribution in [3.63, 3.8) is 0 Å². The predicted molar refractivity (Wildman–Crippen MR) is 185 cm³/mol. The lowest BCUT2D eigenvalue weighted by atomic mass is 9.53. The highest BCUT2D eigenvalue weighted by Crippen LogP contribution is 2.56. The zero-order valence-electron chi connectivity index (χ0n) is 31.0. The van der Waals surface area contributed by atoms with Crippen LogP contribution in [0.5, 0.6) is 0 Å². The van der Waals surface area contributed by atoms with Crippen molar-refractivity contribution >= 4 is 29.1 Å². The molecule has 0 spiro atoms. The molecule has 0 unspecified atom stereocenters. The summed E-state index contributed by atoms with van der Waals surface area (Å²) in [4.78, 5) is 70.5. The van der Waals surface area contributed by atoms with Crippen molar-refractivity contribution in [3.8, 4) is 0 Å². The van der Waals surface area contributed by atoms with E-state index in [2.05, 4.69) is 0 Å². The molecule has 4 aliphatic rings. The van der Waals surface area contributed by atoms with E-state index in [1.165, 1.54) is 14.0 Å². The lowest BCUT2D eigenvalue weighted by molar-refractivity contribution is -0.167. The molecule has 2 aliphatic heterocycles. The van der Waals surface area contributed by atoms with Gasteiger partial charge in [-0.05, 0) is 70.3 Å². The Labute approximate surface area is 292 Å². The van der Waals surface area contributed by atoms with Gasteiger partial charge in [-0.15, -0.1) is 0 Å². The zero-order chi connectivity index (χ0) is 36.4. The van der Waals surface area contributed by atoms with Gasteiger partial charge in [0.1, 0.15) is 23.0 Å². The van der Waals surface area contributed by atoms with E-state index in [0.29, 0.717) is 12.8 Å². The molecule has 9 nitrogen and oxygen atoms in total. The minimum absolute atomic E-state index is 0.0168. The van der Waals surface area contributed by atoms with E-state index >= 15 is 0 Å². The van der Waals surface area contributed by atoms with Crippen LogP contribution in [0.25, 0.3) is 0 Å². The van der Waals surface area contributed by atoms with Gasteiger partial charge in [0.25, 0.3) is 0 Å². The quantitative estimate of drug-likeness (QED) is 0.262. The number of Topliss-reactive ketones (excluding diaryl/α,β-unsaturated/α-hetero) is 4. The fourth-order valence-electron chi connectivity index (χ4n) is 9.02. The molecular weight excluding hydrogens is 624 g/mol. The van der Waals surface area contributed by atoms with E-state index in [9.17, 15) is 34.2 Å². The number of carbonyl (C=O) groups is 5. The molecule has 274 valence electrons. The number of allylic oxidation sites excluding steroid dienone is 3. The summed E-state index contributed by atoms with van der Waals surface area (Å²) >= 11 is 0. The predicted octanol–water partition coefficient (Wildman–Crippen LogP) is 6.06.